The van der Waals surface area contributed by atoms with Crippen molar-refractivity contribution in [2.45, 2.75) is 11.3 Å². The molecule has 0 aliphatic carbocycles. The van der Waals surface area contributed by atoms with E-state index in [2.05, 4.69) is 4.40 Å². The lowest BCUT2D eigenvalue weighted by atomic mass is 10.1. The van der Waals surface area contributed by atoms with Gasteiger partial charge in [-0.3, -0.25) is 4.79 Å². The number of sulfonamides is 2. The van der Waals surface area contributed by atoms with Crippen LogP contribution in [0.1, 0.15) is 6.42 Å². The van der Waals surface area contributed by atoms with Gasteiger partial charge in [-0.25, -0.2) is 21.2 Å². The second-order valence-electron chi connectivity index (χ2n) is 7.32. The number of amidine groups is 1. The maximum absolute atomic E-state index is 13.2. The summed E-state index contributed by atoms with van der Waals surface area (Å²) in [5, 5.41) is 0. The van der Waals surface area contributed by atoms with Crippen molar-refractivity contribution in [2.75, 3.05) is 38.5 Å². The van der Waals surface area contributed by atoms with Gasteiger partial charge in [-0.2, -0.15) is 4.31 Å². The Labute approximate surface area is 180 Å². The molecule has 0 aromatic heterocycles. The van der Waals surface area contributed by atoms with E-state index >= 15 is 0 Å². The first-order valence-electron chi connectivity index (χ1n) is 9.70. The molecule has 1 aromatic rings. The third-order valence-electron chi connectivity index (χ3n) is 5.28. The molecule has 31 heavy (non-hydrogen) atoms. The molecule has 1 aromatic carbocycles. The Bertz CT molecular complexity index is 1190. The van der Waals surface area contributed by atoms with E-state index in [9.17, 15) is 26.0 Å². The van der Waals surface area contributed by atoms with Crippen LogP contribution in [0.25, 0.3) is 0 Å². The molecule has 1 fully saturated rings. The van der Waals surface area contributed by atoms with Crippen LogP contribution in [-0.4, -0.2) is 81.2 Å². The Morgan fingerprint density at radius 3 is 2.52 bits per heavy atom. The van der Waals surface area contributed by atoms with Crippen molar-refractivity contribution in [3.05, 3.63) is 54.0 Å². The van der Waals surface area contributed by atoms with E-state index in [0.717, 1.165) is 12.1 Å². The zero-order valence-electron chi connectivity index (χ0n) is 16.5. The number of allylic oxidation sites excluding steroid dienone is 2. The van der Waals surface area contributed by atoms with Crippen molar-refractivity contribution in [3.63, 3.8) is 0 Å². The number of hydrogen-bond acceptors (Lipinski definition) is 6. The van der Waals surface area contributed by atoms with Crippen molar-refractivity contribution in [3.8, 4) is 0 Å². The predicted molar refractivity (Wildman–Crippen MR) is 112 cm³/mol. The van der Waals surface area contributed by atoms with Gasteiger partial charge in [0.1, 0.15) is 5.82 Å². The third-order valence-corrected chi connectivity index (χ3v) is 8.34. The molecule has 1 saturated heterocycles. The molecule has 12 heteroatoms. The minimum absolute atomic E-state index is 0.00814. The van der Waals surface area contributed by atoms with E-state index in [1.54, 1.807) is 17.2 Å². The van der Waals surface area contributed by atoms with Gasteiger partial charge in [0, 0.05) is 38.9 Å². The SMILES string of the molecule is O=C(C1=CC=CN2CCS(=O)(=O)N=C12)N1CCCN(S(=O)(=O)c2ccc(F)cc2)CC1. The van der Waals surface area contributed by atoms with Gasteiger partial charge in [0.2, 0.25) is 10.0 Å². The highest BCUT2D eigenvalue weighted by Crippen LogP contribution is 2.22. The molecule has 3 heterocycles. The van der Waals surface area contributed by atoms with Crippen molar-refractivity contribution in [1.82, 2.24) is 14.1 Å². The number of carbonyl (C=O) groups excluding carboxylic acids is 1. The van der Waals surface area contributed by atoms with Crippen molar-refractivity contribution in [2.24, 2.45) is 4.40 Å². The Morgan fingerprint density at radius 1 is 1.03 bits per heavy atom. The summed E-state index contributed by atoms with van der Waals surface area (Å²) in [6, 6.07) is 4.62. The zero-order valence-corrected chi connectivity index (χ0v) is 18.1. The van der Waals surface area contributed by atoms with Crippen LogP contribution in [0.4, 0.5) is 4.39 Å². The normalized spacial score (nSPS) is 21.7. The van der Waals surface area contributed by atoms with E-state index in [1.807, 2.05) is 0 Å². The summed E-state index contributed by atoms with van der Waals surface area (Å²) in [5.41, 5.74) is 0.167. The Kier molecular flexibility index (Phi) is 5.71. The van der Waals surface area contributed by atoms with E-state index in [0.29, 0.717) is 13.0 Å². The minimum atomic E-state index is -3.82. The van der Waals surface area contributed by atoms with E-state index in [4.69, 9.17) is 0 Å². The van der Waals surface area contributed by atoms with Crippen molar-refractivity contribution in [1.29, 1.82) is 0 Å². The lowest BCUT2D eigenvalue weighted by Gasteiger charge is -2.31. The van der Waals surface area contributed by atoms with E-state index in [1.165, 1.54) is 27.4 Å². The van der Waals surface area contributed by atoms with Gasteiger partial charge in [0.25, 0.3) is 15.9 Å². The molecule has 166 valence electrons. The average molecular weight is 469 g/mol. The summed E-state index contributed by atoms with van der Waals surface area (Å²) in [6.07, 6.45) is 5.26. The van der Waals surface area contributed by atoms with Crippen LogP contribution < -0.4 is 0 Å². The van der Waals surface area contributed by atoms with Crippen molar-refractivity contribution >= 4 is 31.8 Å². The van der Waals surface area contributed by atoms with Gasteiger partial charge in [-0.05, 0) is 42.8 Å². The summed E-state index contributed by atoms with van der Waals surface area (Å²) in [4.78, 5) is 16.3. The monoisotopic (exact) mass is 468 g/mol. The first-order valence-corrected chi connectivity index (χ1v) is 12.8. The summed E-state index contributed by atoms with van der Waals surface area (Å²) in [6.45, 7) is 0.953. The smallest absolute Gasteiger partial charge is 0.257 e. The fraction of sp³-hybridized carbons (Fsp3) is 0.368. The highest BCUT2D eigenvalue weighted by molar-refractivity contribution is 7.90. The summed E-state index contributed by atoms with van der Waals surface area (Å²) in [7, 11) is -7.45. The van der Waals surface area contributed by atoms with Crippen LogP contribution in [0, 0.1) is 5.82 Å². The van der Waals surface area contributed by atoms with Crippen LogP contribution in [0.5, 0.6) is 0 Å². The number of carbonyl (C=O) groups is 1. The lowest BCUT2D eigenvalue weighted by Crippen LogP contribution is -2.44. The number of hydrogen-bond donors (Lipinski definition) is 0. The first kappa shape index (κ1) is 21.7. The molecule has 1 amide bonds. The molecule has 0 spiro atoms. The molecular formula is C19H21FN4O5S2. The number of nitrogens with zero attached hydrogens (tertiary/aromatic N) is 4. The van der Waals surface area contributed by atoms with Crippen LogP contribution in [-0.2, 0) is 24.8 Å². The Balaban J connectivity index is 1.52. The zero-order chi connectivity index (χ0) is 22.2. The Morgan fingerprint density at radius 2 is 1.77 bits per heavy atom. The van der Waals surface area contributed by atoms with E-state index < -0.39 is 31.8 Å². The number of halogens is 1. The molecule has 4 rings (SSSR count). The van der Waals surface area contributed by atoms with Gasteiger partial charge in [0.05, 0.1) is 16.2 Å². The molecule has 3 aliphatic rings. The van der Waals surface area contributed by atoms with Gasteiger partial charge in [0.15, 0.2) is 5.84 Å². The summed E-state index contributed by atoms with van der Waals surface area (Å²) < 4.78 is 67.8. The van der Waals surface area contributed by atoms with E-state index in [-0.39, 0.29) is 48.2 Å². The molecule has 0 radical (unpaired) electrons. The Hall–Kier alpha value is -2.57. The highest BCUT2D eigenvalue weighted by atomic mass is 32.2. The largest absolute Gasteiger partial charge is 0.337 e. The standard InChI is InChI=1S/C19H21FN4O5S2/c20-15-4-6-16(7-5-15)31(28,29)24-10-2-9-23(11-12-24)19(25)17-3-1-8-22-13-14-30(26,27)21-18(17)22/h1,3-8H,2,9-14H2. The average Bonchev–Trinajstić information content (AvgIpc) is 2.99. The molecule has 0 unspecified atom stereocenters. The second kappa shape index (κ2) is 8.17. The number of rotatable bonds is 3. The fourth-order valence-electron chi connectivity index (χ4n) is 3.65. The van der Waals surface area contributed by atoms with Crippen LogP contribution in [0.3, 0.4) is 0 Å². The molecule has 9 nitrogen and oxygen atoms in total. The molecular weight excluding hydrogens is 447 g/mol. The molecule has 0 saturated carbocycles. The minimum Gasteiger partial charge on any atom is -0.337 e. The number of fused-ring (bicyclic) bond motifs is 1. The quantitative estimate of drug-likeness (QED) is 0.641. The number of benzene rings is 1. The van der Waals surface area contributed by atoms with Gasteiger partial charge in [-0.15, -0.1) is 4.40 Å². The summed E-state index contributed by atoms with van der Waals surface area (Å²) >= 11 is 0. The van der Waals surface area contributed by atoms with Crippen LogP contribution in [0.2, 0.25) is 0 Å². The number of amides is 1. The molecule has 3 aliphatic heterocycles. The maximum Gasteiger partial charge on any atom is 0.257 e. The van der Waals surface area contributed by atoms with Crippen LogP contribution >= 0.6 is 0 Å². The van der Waals surface area contributed by atoms with Gasteiger partial charge in [-0.1, -0.05) is 0 Å². The molecule has 0 N–H and O–H groups in total. The van der Waals surface area contributed by atoms with Crippen LogP contribution in [0.15, 0.2) is 57.5 Å². The maximum atomic E-state index is 13.2. The van der Waals surface area contributed by atoms with Gasteiger partial charge < -0.3 is 9.80 Å². The summed E-state index contributed by atoms with van der Waals surface area (Å²) in [5.74, 6) is -0.949. The third kappa shape index (κ3) is 4.41. The van der Waals surface area contributed by atoms with Gasteiger partial charge >= 0.3 is 0 Å². The van der Waals surface area contributed by atoms with Crippen molar-refractivity contribution < 1.29 is 26.0 Å². The highest BCUT2D eigenvalue weighted by Gasteiger charge is 2.34. The molecule has 0 atom stereocenters. The topological polar surface area (TPSA) is 107 Å². The predicted octanol–water partition coefficient (Wildman–Crippen LogP) is 0.546. The second-order valence-corrected chi connectivity index (χ2v) is 11.0. The lowest BCUT2D eigenvalue weighted by molar-refractivity contribution is -0.126. The fourth-order valence-corrected chi connectivity index (χ4v) is 6.10. The first-order chi connectivity index (χ1) is 14.7. The molecule has 0 bridgehead atoms.